The number of benzene rings is 3. The number of fused-ring (bicyclic) bond motifs is 1. The van der Waals surface area contributed by atoms with Gasteiger partial charge in [-0.2, -0.15) is 0 Å². The molecule has 1 aliphatic heterocycles. The van der Waals surface area contributed by atoms with Crippen LogP contribution in [0.3, 0.4) is 0 Å². The second-order valence-electron chi connectivity index (χ2n) is 7.80. The summed E-state index contributed by atoms with van der Waals surface area (Å²) < 4.78 is 0. The monoisotopic (exact) mass is 425 g/mol. The molecule has 0 spiro atoms. The second kappa shape index (κ2) is 9.94. The maximum atomic E-state index is 11.1. The van der Waals surface area contributed by atoms with Crippen LogP contribution in [0.5, 0.6) is 0 Å². The van der Waals surface area contributed by atoms with Crippen LogP contribution >= 0.6 is 12.4 Å². The number of nitrogens with zero attached hydrogens (tertiary/aromatic N) is 1. The Labute approximate surface area is 183 Å². The zero-order valence-electron chi connectivity index (χ0n) is 17.0. The van der Waals surface area contributed by atoms with Gasteiger partial charge in [-0.05, 0) is 34.7 Å². The lowest BCUT2D eigenvalue weighted by Gasteiger charge is -2.23. The van der Waals surface area contributed by atoms with Crippen LogP contribution in [0.25, 0.3) is 10.8 Å². The fourth-order valence-corrected chi connectivity index (χ4v) is 4.45. The number of amides is 1. The van der Waals surface area contributed by atoms with E-state index < -0.39 is 6.09 Å². The molecule has 0 bridgehead atoms. The molecule has 3 atom stereocenters. The first kappa shape index (κ1) is 22.1. The molecule has 0 radical (unpaired) electrons. The first-order valence-electron chi connectivity index (χ1n) is 10.1. The van der Waals surface area contributed by atoms with Crippen molar-refractivity contribution in [2.75, 3.05) is 19.6 Å². The smallest absolute Gasteiger partial charge is 0.419 e. The summed E-state index contributed by atoms with van der Waals surface area (Å²) in [6, 6.07) is 25.5. The van der Waals surface area contributed by atoms with Crippen LogP contribution in [0.1, 0.15) is 30.0 Å². The largest absolute Gasteiger partial charge is 0.464 e. The van der Waals surface area contributed by atoms with Gasteiger partial charge in [-0.3, -0.25) is 5.43 Å². The van der Waals surface area contributed by atoms with E-state index >= 15 is 0 Å². The molecule has 1 aliphatic rings. The SMILES string of the molecule is C[C@@H](NC[C@H]1CN(NC(=O)O)C[C@@H]1c1ccccc1)c1cccc2ccccc12.Cl. The van der Waals surface area contributed by atoms with Crippen LogP contribution in [-0.4, -0.2) is 35.8 Å². The minimum Gasteiger partial charge on any atom is -0.464 e. The van der Waals surface area contributed by atoms with E-state index in [9.17, 15) is 4.79 Å². The van der Waals surface area contributed by atoms with E-state index in [1.165, 1.54) is 21.9 Å². The van der Waals surface area contributed by atoms with Crippen molar-refractivity contribution in [2.24, 2.45) is 5.92 Å². The molecule has 0 unspecified atom stereocenters. The fourth-order valence-electron chi connectivity index (χ4n) is 4.45. The fraction of sp³-hybridized carbons (Fsp3) is 0.292. The van der Waals surface area contributed by atoms with E-state index in [4.69, 9.17) is 5.11 Å². The van der Waals surface area contributed by atoms with Crippen LogP contribution in [0.15, 0.2) is 72.8 Å². The van der Waals surface area contributed by atoms with Crippen LogP contribution < -0.4 is 10.7 Å². The van der Waals surface area contributed by atoms with Gasteiger partial charge in [0.1, 0.15) is 0 Å². The molecular formula is C24H28ClN3O2. The van der Waals surface area contributed by atoms with Gasteiger partial charge in [-0.1, -0.05) is 72.8 Å². The summed E-state index contributed by atoms with van der Waals surface area (Å²) in [6.45, 7) is 4.40. The summed E-state index contributed by atoms with van der Waals surface area (Å²) in [5.74, 6) is 0.608. The molecule has 1 saturated heterocycles. The van der Waals surface area contributed by atoms with Gasteiger partial charge >= 0.3 is 6.09 Å². The van der Waals surface area contributed by atoms with Crippen molar-refractivity contribution in [1.29, 1.82) is 0 Å². The van der Waals surface area contributed by atoms with Crippen LogP contribution in [0.2, 0.25) is 0 Å². The van der Waals surface area contributed by atoms with E-state index in [-0.39, 0.29) is 24.4 Å². The van der Waals surface area contributed by atoms with Crippen molar-refractivity contribution in [3.63, 3.8) is 0 Å². The highest BCUT2D eigenvalue weighted by Gasteiger charge is 2.34. The summed E-state index contributed by atoms with van der Waals surface area (Å²) in [4.78, 5) is 11.1. The summed E-state index contributed by atoms with van der Waals surface area (Å²) in [5, 5.41) is 17.2. The van der Waals surface area contributed by atoms with E-state index in [2.05, 4.69) is 72.3 Å². The first-order chi connectivity index (χ1) is 14.1. The molecule has 1 amide bonds. The molecule has 6 heteroatoms. The van der Waals surface area contributed by atoms with Crippen LogP contribution in [-0.2, 0) is 0 Å². The van der Waals surface area contributed by atoms with Gasteiger partial charge in [0.2, 0.25) is 0 Å². The number of rotatable bonds is 6. The quantitative estimate of drug-likeness (QED) is 0.530. The minimum atomic E-state index is -1.01. The molecule has 30 heavy (non-hydrogen) atoms. The number of halogens is 1. The van der Waals surface area contributed by atoms with Gasteiger partial charge in [0, 0.05) is 31.6 Å². The maximum Gasteiger partial charge on any atom is 0.419 e. The molecule has 3 aromatic rings. The number of hydrogen-bond donors (Lipinski definition) is 3. The van der Waals surface area contributed by atoms with Crippen LogP contribution in [0.4, 0.5) is 4.79 Å². The zero-order valence-corrected chi connectivity index (χ0v) is 17.8. The van der Waals surface area contributed by atoms with Crippen molar-refractivity contribution < 1.29 is 9.90 Å². The topological polar surface area (TPSA) is 64.6 Å². The van der Waals surface area contributed by atoms with Crippen molar-refractivity contribution in [1.82, 2.24) is 15.8 Å². The number of hydrazine groups is 1. The lowest BCUT2D eigenvalue weighted by atomic mass is 9.88. The van der Waals surface area contributed by atoms with Crippen molar-refractivity contribution in [2.45, 2.75) is 18.9 Å². The number of hydrogen-bond acceptors (Lipinski definition) is 3. The summed E-state index contributed by atoms with van der Waals surface area (Å²) in [6.07, 6.45) is -1.01. The summed E-state index contributed by atoms with van der Waals surface area (Å²) in [5.41, 5.74) is 5.08. The summed E-state index contributed by atoms with van der Waals surface area (Å²) in [7, 11) is 0. The Bertz CT molecular complexity index is 977. The molecule has 0 saturated carbocycles. The standard InChI is InChI=1S/C24H27N3O2.ClH/c1-17(21-13-7-11-18-10-5-6-12-22(18)21)25-14-20-15-27(26-24(28)29)16-23(20)19-8-3-2-4-9-19;/h2-13,17,20,23,25-26H,14-16H2,1H3,(H,28,29);1H/t17-,20+,23-;/m1./s1. The molecule has 1 fully saturated rings. The zero-order chi connectivity index (χ0) is 20.2. The highest BCUT2D eigenvalue weighted by atomic mass is 35.5. The third-order valence-electron chi connectivity index (χ3n) is 5.90. The van der Waals surface area contributed by atoms with Gasteiger partial charge in [0.15, 0.2) is 0 Å². The maximum absolute atomic E-state index is 11.1. The molecule has 3 N–H and O–H groups in total. The van der Waals surface area contributed by atoms with E-state index in [1.807, 2.05) is 23.2 Å². The van der Waals surface area contributed by atoms with E-state index in [0.29, 0.717) is 19.0 Å². The van der Waals surface area contributed by atoms with E-state index in [1.54, 1.807) is 0 Å². The predicted molar refractivity (Wildman–Crippen MR) is 123 cm³/mol. The lowest BCUT2D eigenvalue weighted by molar-refractivity contribution is 0.151. The average molecular weight is 426 g/mol. The second-order valence-corrected chi connectivity index (χ2v) is 7.80. The summed E-state index contributed by atoms with van der Waals surface area (Å²) >= 11 is 0. The Hall–Kier alpha value is -2.60. The van der Waals surface area contributed by atoms with Gasteiger partial charge in [0.25, 0.3) is 0 Å². The molecule has 4 rings (SSSR count). The number of carbonyl (C=O) groups is 1. The van der Waals surface area contributed by atoms with Crippen LogP contribution in [0, 0.1) is 5.92 Å². The van der Waals surface area contributed by atoms with Crippen molar-refractivity contribution >= 4 is 29.3 Å². The van der Waals surface area contributed by atoms with E-state index in [0.717, 1.165) is 6.54 Å². The molecule has 1 heterocycles. The Balaban J connectivity index is 0.00000256. The Morgan fingerprint density at radius 2 is 1.73 bits per heavy atom. The van der Waals surface area contributed by atoms with Gasteiger partial charge in [0.05, 0.1) is 0 Å². The third kappa shape index (κ3) is 4.93. The molecule has 5 nitrogen and oxygen atoms in total. The van der Waals surface area contributed by atoms with Crippen molar-refractivity contribution in [3.05, 3.63) is 83.9 Å². The Morgan fingerprint density at radius 3 is 2.50 bits per heavy atom. The van der Waals surface area contributed by atoms with Gasteiger partial charge in [-0.15, -0.1) is 12.4 Å². The number of carboxylic acid groups (broad SMARTS) is 1. The Kier molecular flexibility index (Phi) is 7.32. The molecule has 158 valence electrons. The lowest BCUT2D eigenvalue weighted by Crippen LogP contribution is -2.40. The third-order valence-corrected chi connectivity index (χ3v) is 5.90. The van der Waals surface area contributed by atoms with Gasteiger partial charge in [-0.25, -0.2) is 9.80 Å². The first-order valence-corrected chi connectivity index (χ1v) is 10.1. The normalized spacial score (nSPS) is 19.9. The highest BCUT2D eigenvalue weighted by molar-refractivity contribution is 5.86. The highest BCUT2D eigenvalue weighted by Crippen LogP contribution is 2.32. The van der Waals surface area contributed by atoms with Crippen molar-refractivity contribution in [3.8, 4) is 0 Å². The predicted octanol–water partition coefficient (Wildman–Crippen LogP) is 4.81. The minimum absolute atomic E-state index is 0. The molecule has 3 aromatic carbocycles. The Morgan fingerprint density at radius 1 is 1.03 bits per heavy atom. The average Bonchev–Trinajstić information content (AvgIpc) is 3.14. The molecular weight excluding hydrogens is 398 g/mol. The molecule has 0 aromatic heterocycles. The van der Waals surface area contributed by atoms with Gasteiger partial charge < -0.3 is 10.4 Å². The molecule has 0 aliphatic carbocycles. The number of nitrogens with one attached hydrogen (secondary N) is 2.